The number of nitrogens with two attached hydrogens (primary N) is 1. The van der Waals surface area contributed by atoms with E-state index in [0.717, 1.165) is 17.8 Å². The summed E-state index contributed by atoms with van der Waals surface area (Å²) in [6, 6.07) is 4.95. The van der Waals surface area contributed by atoms with E-state index in [4.69, 9.17) is 28.9 Å². The summed E-state index contributed by atoms with van der Waals surface area (Å²) in [5, 5.41) is 1.13. The quantitative estimate of drug-likeness (QED) is 0.930. The second-order valence-electron chi connectivity index (χ2n) is 3.74. The Morgan fingerprint density at radius 3 is 2.53 bits per heavy atom. The molecule has 0 radical (unpaired) electrons. The van der Waals surface area contributed by atoms with Crippen LogP contribution in [0.15, 0.2) is 30.7 Å². The molecule has 2 rings (SSSR count). The summed E-state index contributed by atoms with van der Waals surface area (Å²) in [7, 11) is 0. The fourth-order valence-electron chi connectivity index (χ4n) is 1.67. The van der Waals surface area contributed by atoms with Crippen molar-refractivity contribution in [2.45, 2.75) is 19.5 Å². The van der Waals surface area contributed by atoms with E-state index in [1.807, 2.05) is 17.7 Å². The van der Waals surface area contributed by atoms with Crippen molar-refractivity contribution in [3.8, 4) is 0 Å². The molecule has 1 aromatic heterocycles. The average molecular weight is 270 g/mol. The molecule has 0 aliphatic carbocycles. The predicted octanol–water partition coefficient (Wildman–Crippen LogP) is 3.26. The number of aryl methyl sites for hydroxylation is 1. The first-order chi connectivity index (χ1) is 8.13. The summed E-state index contributed by atoms with van der Waals surface area (Å²) in [5.74, 6) is 0. The molecule has 1 heterocycles. The van der Waals surface area contributed by atoms with Crippen LogP contribution in [0.4, 0.5) is 0 Å². The molecule has 3 nitrogen and oxygen atoms in total. The number of benzene rings is 1. The summed E-state index contributed by atoms with van der Waals surface area (Å²) in [6.07, 6.45) is 3.66. The van der Waals surface area contributed by atoms with Gasteiger partial charge in [0.25, 0.3) is 0 Å². The SMILES string of the molecule is CCn1cnc(C(N)c2c(Cl)cccc2Cl)c1. The number of nitrogens with zero attached hydrogens (tertiary/aromatic N) is 2. The smallest absolute Gasteiger partial charge is 0.0950 e. The van der Waals surface area contributed by atoms with Crippen molar-refractivity contribution in [1.82, 2.24) is 9.55 Å². The zero-order valence-corrected chi connectivity index (χ0v) is 10.9. The number of hydrogen-bond acceptors (Lipinski definition) is 2. The van der Waals surface area contributed by atoms with E-state index >= 15 is 0 Å². The molecule has 90 valence electrons. The molecule has 1 unspecified atom stereocenters. The second kappa shape index (κ2) is 5.08. The van der Waals surface area contributed by atoms with Gasteiger partial charge in [0.15, 0.2) is 0 Å². The predicted molar refractivity (Wildman–Crippen MR) is 70.4 cm³/mol. The zero-order chi connectivity index (χ0) is 12.4. The third kappa shape index (κ3) is 2.46. The molecule has 0 aliphatic heterocycles. The van der Waals surface area contributed by atoms with Crippen molar-refractivity contribution in [2.75, 3.05) is 0 Å². The van der Waals surface area contributed by atoms with Crippen molar-refractivity contribution in [3.05, 3.63) is 52.0 Å². The Kier molecular flexibility index (Phi) is 3.72. The highest BCUT2D eigenvalue weighted by molar-refractivity contribution is 6.36. The van der Waals surface area contributed by atoms with Gasteiger partial charge in [0, 0.05) is 28.4 Å². The van der Waals surface area contributed by atoms with Crippen molar-refractivity contribution >= 4 is 23.2 Å². The highest BCUT2D eigenvalue weighted by Crippen LogP contribution is 2.31. The summed E-state index contributed by atoms with van der Waals surface area (Å²) in [6.45, 7) is 2.90. The van der Waals surface area contributed by atoms with E-state index in [2.05, 4.69) is 4.98 Å². The van der Waals surface area contributed by atoms with Gasteiger partial charge in [-0.05, 0) is 19.1 Å². The minimum absolute atomic E-state index is 0.399. The number of rotatable bonds is 3. The molecular weight excluding hydrogens is 257 g/mol. The summed E-state index contributed by atoms with van der Waals surface area (Å²) < 4.78 is 1.96. The van der Waals surface area contributed by atoms with Crippen LogP contribution in [0.2, 0.25) is 10.0 Å². The van der Waals surface area contributed by atoms with Crippen molar-refractivity contribution < 1.29 is 0 Å². The lowest BCUT2D eigenvalue weighted by Crippen LogP contribution is -2.13. The van der Waals surface area contributed by atoms with E-state index in [1.165, 1.54) is 0 Å². The van der Waals surface area contributed by atoms with Crippen LogP contribution in [-0.4, -0.2) is 9.55 Å². The molecule has 1 aromatic carbocycles. The minimum Gasteiger partial charge on any atom is -0.337 e. The Morgan fingerprint density at radius 1 is 1.35 bits per heavy atom. The lowest BCUT2D eigenvalue weighted by atomic mass is 10.1. The summed E-state index contributed by atoms with van der Waals surface area (Å²) in [5.41, 5.74) is 7.63. The molecule has 5 heteroatoms. The fraction of sp³-hybridized carbons (Fsp3) is 0.250. The van der Waals surface area contributed by atoms with E-state index < -0.39 is 6.04 Å². The van der Waals surface area contributed by atoms with Crippen LogP contribution in [0.25, 0.3) is 0 Å². The van der Waals surface area contributed by atoms with E-state index in [-0.39, 0.29) is 0 Å². The van der Waals surface area contributed by atoms with Crippen LogP contribution in [0, 0.1) is 0 Å². The molecule has 0 bridgehead atoms. The maximum absolute atomic E-state index is 6.14. The van der Waals surface area contributed by atoms with Crippen LogP contribution in [0.5, 0.6) is 0 Å². The number of aromatic nitrogens is 2. The molecule has 1 atom stereocenters. The maximum Gasteiger partial charge on any atom is 0.0950 e. The first-order valence-electron chi connectivity index (χ1n) is 5.34. The highest BCUT2D eigenvalue weighted by Gasteiger charge is 2.17. The second-order valence-corrected chi connectivity index (χ2v) is 4.56. The largest absolute Gasteiger partial charge is 0.337 e. The molecule has 0 aliphatic rings. The van der Waals surface area contributed by atoms with E-state index in [9.17, 15) is 0 Å². The lowest BCUT2D eigenvalue weighted by Gasteiger charge is -2.13. The monoisotopic (exact) mass is 269 g/mol. The molecule has 0 saturated heterocycles. The summed E-state index contributed by atoms with van der Waals surface area (Å²) in [4.78, 5) is 4.27. The topological polar surface area (TPSA) is 43.8 Å². The van der Waals surface area contributed by atoms with Gasteiger partial charge in [-0.25, -0.2) is 4.98 Å². The van der Waals surface area contributed by atoms with Gasteiger partial charge in [-0.1, -0.05) is 29.3 Å². The Labute approximate surface area is 110 Å². The Morgan fingerprint density at radius 2 is 2.00 bits per heavy atom. The first kappa shape index (κ1) is 12.4. The zero-order valence-electron chi connectivity index (χ0n) is 9.40. The molecule has 0 saturated carbocycles. The molecule has 17 heavy (non-hydrogen) atoms. The Bertz CT molecular complexity index is 502. The molecule has 2 N–H and O–H groups in total. The number of hydrogen-bond donors (Lipinski definition) is 1. The number of halogens is 2. The normalized spacial score (nSPS) is 12.7. The standard InChI is InChI=1S/C12H13Cl2N3/c1-2-17-6-10(16-7-17)12(15)11-8(13)4-3-5-9(11)14/h3-7,12H,2,15H2,1H3. The van der Waals surface area contributed by atoms with Crippen molar-refractivity contribution in [3.63, 3.8) is 0 Å². The van der Waals surface area contributed by atoms with Crippen LogP contribution in [-0.2, 0) is 6.54 Å². The first-order valence-corrected chi connectivity index (χ1v) is 6.10. The summed E-state index contributed by atoms with van der Waals surface area (Å²) >= 11 is 12.2. The van der Waals surface area contributed by atoms with Gasteiger partial charge in [-0.2, -0.15) is 0 Å². The van der Waals surface area contributed by atoms with Crippen molar-refractivity contribution in [2.24, 2.45) is 5.73 Å². The van der Waals surface area contributed by atoms with Gasteiger partial charge in [0.1, 0.15) is 0 Å². The molecular formula is C12H13Cl2N3. The third-order valence-electron chi connectivity index (χ3n) is 2.65. The Hall–Kier alpha value is -1.03. The average Bonchev–Trinajstić information content (AvgIpc) is 2.77. The van der Waals surface area contributed by atoms with E-state index in [0.29, 0.717) is 10.0 Å². The van der Waals surface area contributed by atoms with Gasteiger partial charge in [0.2, 0.25) is 0 Å². The third-order valence-corrected chi connectivity index (χ3v) is 3.31. The maximum atomic E-state index is 6.14. The molecule has 0 spiro atoms. The van der Waals surface area contributed by atoms with Crippen LogP contribution < -0.4 is 5.73 Å². The van der Waals surface area contributed by atoms with Gasteiger partial charge >= 0.3 is 0 Å². The molecule has 0 amide bonds. The van der Waals surface area contributed by atoms with Gasteiger partial charge < -0.3 is 10.3 Å². The number of imidazole rings is 1. The van der Waals surface area contributed by atoms with Crippen molar-refractivity contribution in [1.29, 1.82) is 0 Å². The van der Waals surface area contributed by atoms with Gasteiger partial charge in [-0.3, -0.25) is 0 Å². The van der Waals surface area contributed by atoms with Gasteiger partial charge in [0.05, 0.1) is 18.1 Å². The fourth-order valence-corrected chi connectivity index (χ4v) is 2.30. The van der Waals surface area contributed by atoms with Gasteiger partial charge in [-0.15, -0.1) is 0 Å². The van der Waals surface area contributed by atoms with Crippen LogP contribution in [0.3, 0.4) is 0 Å². The molecule has 0 fully saturated rings. The minimum atomic E-state index is -0.399. The van der Waals surface area contributed by atoms with Crippen LogP contribution >= 0.6 is 23.2 Å². The van der Waals surface area contributed by atoms with E-state index in [1.54, 1.807) is 24.5 Å². The Balaban J connectivity index is 2.39. The lowest BCUT2D eigenvalue weighted by molar-refractivity contribution is 0.757. The molecule has 2 aromatic rings. The van der Waals surface area contributed by atoms with Crippen LogP contribution in [0.1, 0.15) is 24.2 Å². The highest BCUT2D eigenvalue weighted by atomic mass is 35.5.